The van der Waals surface area contributed by atoms with Gasteiger partial charge < -0.3 is 14.6 Å². The van der Waals surface area contributed by atoms with Crippen molar-refractivity contribution in [3.63, 3.8) is 0 Å². The maximum absolute atomic E-state index is 9.91. The number of ether oxygens (including phenoxy) is 2. The first-order valence-electron chi connectivity index (χ1n) is 6.36. The van der Waals surface area contributed by atoms with E-state index in [1.54, 1.807) is 11.3 Å². The molecule has 2 rings (SSSR count). The predicted octanol–water partition coefficient (Wildman–Crippen LogP) is 1.35. The Bertz CT molecular complexity index is 331. The summed E-state index contributed by atoms with van der Waals surface area (Å²) in [4.78, 5) is 3.43. The zero-order chi connectivity index (χ0) is 12.8. The number of aliphatic hydroxyl groups is 1. The standard InChI is InChI=1S/C13H21NO3S/c1-11-7-14(4-5-17-11)8-12(15)9-16-10-13-3-2-6-18-13/h2-3,6,11-12,15H,4-5,7-10H2,1H3. The Balaban J connectivity index is 1.61. The minimum Gasteiger partial charge on any atom is -0.389 e. The van der Waals surface area contributed by atoms with Gasteiger partial charge in [-0.1, -0.05) is 6.07 Å². The maximum Gasteiger partial charge on any atom is 0.0900 e. The second-order valence-electron chi connectivity index (χ2n) is 4.69. The molecule has 1 aromatic rings. The number of nitrogens with zero attached hydrogens (tertiary/aromatic N) is 1. The van der Waals surface area contributed by atoms with E-state index < -0.39 is 6.10 Å². The van der Waals surface area contributed by atoms with E-state index in [-0.39, 0.29) is 6.10 Å². The Morgan fingerprint density at radius 1 is 1.67 bits per heavy atom. The van der Waals surface area contributed by atoms with E-state index in [0.29, 0.717) is 19.8 Å². The first kappa shape index (κ1) is 14.0. The molecule has 1 aliphatic heterocycles. The molecule has 0 saturated carbocycles. The first-order valence-corrected chi connectivity index (χ1v) is 7.24. The molecule has 18 heavy (non-hydrogen) atoms. The van der Waals surface area contributed by atoms with Crippen LogP contribution in [0.25, 0.3) is 0 Å². The van der Waals surface area contributed by atoms with Crippen molar-refractivity contribution < 1.29 is 14.6 Å². The van der Waals surface area contributed by atoms with Gasteiger partial charge in [-0.05, 0) is 18.4 Å². The van der Waals surface area contributed by atoms with E-state index in [1.165, 1.54) is 4.88 Å². The topological polar surface area (TPSA) is 41.9 Å². The molecule has 0 aliphatic carbocycles. The minimum atomic E-state index is -0.421. The maximum atomic E-state index is 9.91. The molecule has 2 unspecified atom stereocenters. The third-order valence-electron chi connectivity index (χ3n) is 2.93. The molecular weight excluding hydrogens is 250 g/mol. The van der Waals surface area contributed by atoms with Gasteiger partial charge >= 0.3 is 0 Å². The number of rotatable bonds is 6. The number of hydrogen-bond donors (Lipinski definition) is 1. The molecule has 1 aromatic heterocycles. The SMILES string of the molecule is CC1CN(CC(O)COCc2cccs2)CCO1. The van der Waals surface area contributed by atoms with Gasteiger partial charge in [-0.2, -0.15) is 0 Å². The molecule has 0 radical (unpaired) electrons. The summed E-state index contributed by atoms with van der Waals surface area (Å²) >= 11 is 1.68. The van der Waals surface area contributed by atoms with Crippen LogP contribution in [0.15, 0.2) is 17.5 Å². The number of β-amino-alcohol motifs (C(OH)–C–C–N with tert-alkyl or cyclic N) is 1. The van der Waals surface area contributed by atoms with E-state index >= 15 is 0 Å². The molecule has 0 amide bonds. The molecule has 102 valence electrons. The number of morpholine rings is 1. The molecule has 4 nitrogen and oxygen atoms in total. The normalized spacial score (nSPS) is 23.1. The van der Waals surface area contributed by atoms with E-state index in [9.17, 15) is 5.11 Å². The molecule has 1 N–H and O–H groups in total. The van der Waals surface area contributed by atoms with Crippen molar-refractivity contribution in [1.82, 2.24) is 4.90 Å². The molecule has 1 fully saturated rings. The smallest absolute Gasteiger partial charge is 0.0900 e. The molecule has 0 bridgehead atoms. The van der Waals surface area contributed by atoms with Crippen LogP contribution in [0, 0.1) is 0 Å². The fourth-order valence-electron chi connectivity index (χ4n) is 2.10. The molecule has 2 atom stereocenters. The second-order valence-corrected chi connectivity index (χ2v) is 5.72. The summed E-state index contributed by atoms with van der Waals surface area (Å²) in [5.74, 6) is 0. The Kier molecular flexibility index (Phi) is 5.59. The van der Waals surface area contributed by atoms with Crippen LogP contribution in [0.2, 0.25) is 0 Å². The number of aliphatic hydroxyl groups excluding tert-OH is 1. The molecule has 5 heteroatoms. The third-order valence-corrected chi connectivity index (χ3v) is 3.78. The minimum absolute atomic E-state index is 0.262. The Morgan fingerprint density at radius 3 is 3.28 bits per heavy atom. The van der Waals surface area contributed by atoms with Crippen LogP contribution < -0.4 is 0 Å². The summed E-state index contributed by atoms with van der Waals surface area (Å²) in [6.07, 6.45) is -0.159. The van der Waals surface area contributed by atoms with Crippen molar-refractivity contribution in [2.45, 2.75) is 25.7 Å². The van der Waals surface area contributed by atoms with Gasteiger partial charge in [-0.25, -0.2) is 0 Å². The fraction of sp³-hybridized carbons (Fsp3) is 0.692. The highest BCUT2D eigenvalue weighted by Gasteiger charge is 2.19. The van der Waals surface area contributed by atoms with E-state index in [1.807, 2.05) is 17.5 Å². The van der Waals surface area contributed by atoms with Gasteiger partial charge in [-0.15, -0.1) is 11.3 Å². The highest BCUT2D eigenvalue weighted by Crippen LogP contribution is 2.10. The summed E-state index contributed by atoms with van der Waals surface area (Å²) in [6, 6.07) is 4.05. The lowest BCUT2D eigenvalue weighted by atomic mass is 10.2. The zero-order valence-electron chi connectivity index (χ0n) is 10.7. The first-order chi connectivity index (χ1) is 8.74. The van der Waals surface area contributed by atoms with Crippen LogP contribution in [-0.2, 0) is 16.1 Å². The second kappa shape index (κ2) is 7.21. The van der Waals surface area contributed by atoms with Gasteiger partial charge in [0.1, 0.15) is 0 Å². The Labute approximate surface area is 112 Å². The summed E-state index contributed by atoms with van der Waals surface area (Å²) in [5.41, 5.74) is 0. The lowest BCUT2D eigenvalue weighted by Crippen LogP contribution is -2.45. The van der Waals surface area contributed by atoms with Crippen LogP contribution in [-0.4, -0.2) is 55.1 Å². The van der Waals surface area contributed by atoms with E-state index in [2.05, 4.69) is 11.8 Å². The van der Waals surface area contributed by atoms with Gasteiger partial charge in [-0.3, -0.25) is 4.90 Å². The molecule has 1 saturated heterocycles. The highest BCUT2D eigenvalue weighted by atomic mass is 32.1. The van der Waals surface area contributed by atoms with Crippen LogP contribution in [0.5, 0.6) is 0 Å². The van der Waals surface area contributed by atoms with E-state index in [4.69, 9.17) is 9.47 Å². The molecule has 0 aromatic carbocycles. The van der Waals surface area contributed by atoms with Gasteiger partial charge in [0, 0.05) is 24.5 Å². The summed E-state index contributed by atoms with van der Waals surface area (Å²) in [7, 11) is 0. The summed E-state index contributed by atoms with van der Waals surface area (Å²) in [5, 5.41) is 11.9. The fourth-order valence-corrected chi connectivity index (χ4v) is 2.74. The van der Waals surface area contributed by atoms with Gasteiger partial charge in [0.05, 0.1) is 32.0 Å². The van der Waals surface area contributed by atoms with Crippen molar-refractivity contribution in [3.8, 4) is 0 Å². The van der Waals surface area contributed by atoms with Crippen molar-refractivity contribution in [3.05, 3.63) is 22.4 Å². The largest absolute Gasteiger partial charge is 0.389 e. The van der Waals surface area contributed by atoms with Crippen molar-refractivity contribution in [2.24, 2.45) is 0 Å². The highest BCUT2D eigenvalue weighted by molar-refractivity contribution is 7.09. The van der Waals surface area contributed by atoms with Crippen LogP contribution >= 0.6 is 11.3 Å². The number of thiophene rings is 1. The quantitative estimate of drug-likeness (QED) is 0.848. The van der Waals surface area contributed by atoms with E-state index in [0.717, 1.165) is 19.7 Å². The van der Waals surface area contributed by atoms with Gasteiger partial charge in [0.25, 0.3) is 0 Å². The Hall–Kier alpha value is -0.460. The van der Waals surface area contributed by atoms with Crippen LogP contribution in [0.1, 0.15) is 11.8 Å². The average molecular weight is 271 g/mol. The van der Waals surface area contributed by atoms with Crippen LogP contribution in [0.4, 0.5) is 0 Å². The average Bonchev–Trinajstić information content (AvgIpc) is 2.82. The third kappa shape index (κ3) is 4.66. The number of hydrogen-bond acceptors (Lipinski definition) is 5. The molecule has 1 aliphatic rings. The van der Waals surface area contributed by atoms with Crippen molar-refractivity contribution >= 4 is 11.3 Å². The lowest BCUT2D eigenvalue weighted by molar-refractivity contribution is -0.0453. The Morgan fingerprint density at radius 2 is 2.56 bits per heavy atom. The lowest BCUT2D eigenvalue weighted by Gasteiger charge is -2.32. The predicted molar refractivity (Wildman–Crippen MR) is 71.8 cm³/mol. The summed E-state index contributed by atoms with van der Waals surface area (Å²) in [6.45, 7) is 6.25. The van der Waals surface area contributed by atoms with Crippen molar-refractivity contribution in [2.75, 3.05) is 32.8 Å². The molecular formula is C13H21NO3S. The van der Waals surface area contributed by atoms with Crippen LogP contribution in [0.3, 0.4) is 0 Å². The summed E-state index contributed by atoms with van der Waals surface area (Å²) < 4.78 is 11.0. The monoisotopic (exact) mass is 271 g/mol. The molecule has 0 spiro atoms. The van der Waals surface area contributed by atoms with Gasteiger partial charge in [0.2, 0.25) is 0 Å². The zero-order valence-corrected chi connectivity index (χ0v) is 11.6. The van der Waals surface area contributed by atoms with Gasteiger partial charge in [0.15, 0.2) is 0 Å². The molecule has 2 heterocycles. The van der Waals surface area contributed by atoms with Crippen molar-refractivity contribution in [1.29, 1.82) is 0 Å².